The molecule has 0 saturated heterocycles. The molecule has 0 aliphatic rings. The molecule has 0 aliphatic carbocycles. The van der Waals surface area contributed by atoms with Crippen LogP contribution in [-0.4, -0.2) is 82.3 Å². The first-order chi connectivity index (χ1) is 8.23. The van der Waals surface area contributed by atoms with Gasteiger partial charge in [0.1, 0.15) is 6.04 Å². The van der Waals surface area contributed by atoms with Crippen LogP contribution in [0.5, 0.6) is 0 Å². The Morgan fingerprint density at radius 3 is 1.78 bits per heavy atom. The van der Waals surface area contributed by atoms with Crippen LogP contribution in [0, 0.1) is 0 Å². The van der Waals surface area contributed by atoms with E-state index in [0.29, 0.717) is 0 Å². The number of hydrogen-bond donors (Lipinski definition) is 3. The van der Waals surface area contributed by atoms with Gasteiger partial charge in [-0.05, 0) is 14.0 Å². The summed E-state index contributed by atoms with van der Waals surface area (Å²) in [6, 6.07) is -0.707. The summed E-state index contributed by atoms with van der Waals surface area (Å²) in [6.07, 6.45) is 0. The first-order valence-electron chi connectivity index (χ1n) is 5.33. The standard InChI is InChI=1S/C10H18N2O6/c1-7(10(17)18)11(2)3-4-12(5-8(13)14)6-9(15)16/h7H,3-6H2,1-2H3,(H,13,14)(H,15,16)(H,17,18). The molecule has 0 spiro atoms. The molecule has 8 nitrogen and oxygen atoms in total. The normalized spacial score (nSPS) is 12.7. The van der Waals surface area contributed by atoms with Crippen LogP contribution in [0.1, 0.15) is 6.92 Å². The molecular weight excluding hydrogens is 244 g/mol. The molecule has 0 heterocycles. The van der Waals surface area contributed by atoms with E-state index in [4.69, 9.17) is 15.3 Å². The molecule has 3 N–H and O–H groups in total. The lowest BCUT2D eigenvalue weighted by molar-refractivity contribution is -0.144. The van der Waals surface area contributed by atoms with Crippen molar-refractivity contribution in [3.05, 3.63) is 0 Å². The summed E-state index contributed by atoms with van der Waals surface area (Å²) in [7, 11) is 1.58. The summed E-state index contributed by atoms with van der Waals surface area (Å²) < 4.78 is 0. The third kappa shape index (κ3) is 6.81. The predicted octanol–water partition coefficient (Wildman–Crippen LogP) is -1.14. The molecule has 8 heteroatoms. The van der Waals surface area contributed by atoms with Crippen molar-refractivity contribution < 1.29 is 29.7 Å². The number of carboxylic acid groups (broad SMARTS) is 3. The molecule has 0 radical (unpaired) electrons. The molecule has 0 aromatic rings. The van der Waals surface area contributed by atoms with E-state index < -0.39 is 23.9 Å². The highest BCUT2D eigenvalue weighted by Crippen LogP contribution is 1.97. The number of carboxylic acids is 3. The van der Waals surface area contributed by atoms with Gasteiger partial charge in [-0.2, -0.15) is 0 Å². The van der Waals surface area contributed by atoms with Gasteiger partial charge in [-0.25, -0.2) is 0 Å². The minimum absolute atomic E-state index is 0.173. The van der Waals surface area contributed by atoms with Gasteiger partial charge in [0.25, 0.3) is 0 Å². The highest BCUT2D eigenvalue weighted by Gasteiger charge is 2.19. The second kappa shape index (κ2) is 7.62. The highest BCUT2D eigenvalue weighted by atomic mass is 16.4. The molecule has 0 fully saturated rings. The molecule has 0 amide bonds. The molecule has 1 unspecified atom stereocenters. The quantitative estimate of drug-likeness (QED) is 0.477. The highest BCUT2D eigenvalue weighted by molar-refractivity contribution is 5.73. The molecular formula is C10H18N2O6. The Balaban J connectivity index is 4.28. The van der Waals surface area contributed by atoms with E-state index in [0.717, 1.165) is 0 Å². The van der Waals surface area contributed by atoms with Crippen molar-refractivity contribution in [2.45, 2.75) is 13.0 Å². The maximum Gasteiger partial charge on any atom is 0.320 e. The Labute approximate surface area is 104 Å². The van der Waals surface area contributed by atoms with Crippen LogP contribution >= 0.6 is 0 Å². The van der Waals surface area contributed by atoms with Crippen molar-refractivity contribution in [2.75, 3.05) is 33.2 Å². The Kier molecular flexibility index (Phi) is 6.91. The summed E-state index contributed by atoms with van der Waals surface area (Å²) >= 11 is 0. The molecule has 104 valence electrons. The van der Waals surface area contributed by atoms with E-state index in [1.54, 1.807) is 7.05 Å². The fourth-order valence-corrected chi connectivity index (χ4v) is 1.28. The summed E-state index contributed by atoms with van der Waals surface area (Å²) in [5.41, 5.74) is 0. The Bertz CT molecular complexity index is 303. The van der Waals surface area contributed by atoms with Crippen LogP contribution in [0.3, 0.4) is 0 Å². The third-order valence-corrected chi connectivity index (χ3v) is 2.51. The first kappa shape index (κ1) is 16.3. The van der Waals surface area contributed by atoms with Crippen molar-refractivity contribution in [2.24, 2.45) is 0 Å². The van der Waals surface area contributed by atoms with Gasteiger partial charge in [0.05, 0.1) is 13.1 Å². The number of carbonyl (C=O) groups is 3. The summed E-state index contributed by atoms with van der Waals surface area (Å²) in [6.45, 7) is 1.17. The van der Waals surface area contributed by atoms with Crippen LogP contribution in [-0.2, 0) is 14.4 Å². The van der Waals surface area contributed by atoms with Crippen molar-refractivity contribution in [1.82, 2.24) is 9.80 Å². The number of likely N-dealkylation sites (N-methyl/N-ethyl adjacent to an activating group) is 1. The van der Waals surface area contributed by atoms with E-state index in [2.05, 4.69) is 0 Å². The molecule has 0 bridgehead atoms. The zero-order valence-corrected chi connectivity index (χ0v) is 10.4. The predicted molar refractivity (Wildman–Crippen MR) is 61.4 cm³/mol. The van der Waals surface area contributed by atoms with E-state index in [9.17, 15) is 14.4 Å². The minimum atomic E-state index is -1.12. The van der Waals surface area contributed by atoms with Gasteiger partial charge in [0.2, 0.25) is 0 Å². The Morgan fingerprint density at radius 2 is 1.44 bits per heavy atom. The smallest absolute Gasteiger partial charge is 0.320 e. The third-order valence-electron chi connectivity index (χ3n) is 2.51. The maximum atomic E-state index is 10.7. The van der Waals surface area contributed by atoms with Crippen LogP contribution in [0.25, 0.3) is 0 Å². The molecule has 0 aromatic carbocycles. The van der Waals surface area contributed by atoms with Gasteiger partial charge in [-0.15, -0.1) is 0 Å². The lowest BCUT2D eigenvalue weighted by Crippen LogP contribution is -2.43. The van der Waals surface area contributed by atoms with Crippen molar-refractivity contribution in [1.29, 1.82) is 0 Å². The van der Waals surface area contributed by atoms with Crippen LogP contribution < -0.4 is 0 Å². The number of nitrogens with zero attached hydrogens (tertiary/aromatic N) is 2. The Hall–Kier alpha value is -1.67. The second-order valence-electron chi connectivity index (χ2n) is 3.99. The van der Waals surface area contributed by atoms with Crippen LogP contribution in [0.15, 0.2) is 0 Å². The summed E-state index contributed by atoms with van der Waals surface area (Å²) in [4.78, 5) is 34.5. The number of rotatable bonds is 9. The molecule has 0 aliphatic heterocycles. The first-order valence-corrected chi connectivity index (χ1v) is 5.33. The van der Waals surface area contributed by atoms with Gasteiger partial charge >= 0.3 is 17.9 Å². The van der Waals surface area contributed by atoms with Crippen molar-refractivity contribution in [3.63, 3.8) is 0 Å². The average Bonchev–Trinajstić information content (AvgIpc) is 2.22. The van der Waals surface area contributed by atoms with Crippen LogP contribution in [0.4, 0.5) is 0 Å². The minimum Gasteiger partial charge on any atom is -0.480 e. The average molecular weight is 262 g/mol. The maximum absolute atomic E-state index is 10.7. The SMILES string of the molecule is CC(C(=O)O)N(C)CCN(CC(=O)O)CC(=O)O. The fraction of sp³-hybridized carbons (Fsp3) is 0.700. The van der Waals surface area contributed by atoms with Gasteiger partial charge in [0, 0.05) is 13.1 Å². The lowest BCUT2D eigenvalue weighted by Gasteiger charge is -2.25. The van der Waals surface area contributed by atoms with E-state index in [1.165, 1.54) is 16.7 Å². The van der Waals surface area contributed by atoms with Gasteiger partial charge < -0.3 is 15.3 Å². The zero-order valence-electron chi connectivity index (χ0n) is 10.4. The van der Waals surface area contributed by atoms with E-state index in [1.807, 2.05) is 0 Å². The summed E-state index contributed by atoms with van der Waals surface area (Å²) in [5, 5.41) is 26.0. The summed E-state index contributed by atoms with van der Waals surface area (Å²) in [5.74, 6) is -3.23. The molecule has 18 heavy (non-hydrogen) atoms. The largest absolute Gasteiger partial charge is 0.480 e. The van der Waals surface area contributed by atoms with Gasteiger partial charge in [0.15, 0.2) is 0 Å². The topological polar surface area (TPSA) is 118 Å². The van der Waals surface area contributed by atoms with E-state index in [-0.39, 0.29) is 26.2 Å². The Morgan fingerprint density at radius 1 is 1.00 bits per heavy atom. The van der Waals surface area contributed by atoms with Gasteiger partial charge in [-0.1, -0.05) is 0 Å². The molecule has 0 aromatic heterocycles. The number of aliphatic carboxylic acids is 3. The van der Waals surface area contributed by atoms with Crippen molar-refractivity contribution >= 4 is 17.9 Å². The monoisotopic (exact) mass is 262 g/mol. The molecule has 0 saturated carbocycles. The van der Waals surface area contributed by atoms with Crippen LogP contribution in [0.2, 0.25) is 0 Å². The molecule has 0 rings (SSSR count). The second-order valence-corrected chi connectivity index (χ2v) is 3.99. The lowest BCUT2D eigenvalue weighted by atomic mass is 10.3. The zero-order chi connectivity index (χ0) is 14.3. The van der Waals surface area contributed by atoms with Gasteiger partial charge in [-0.3, -0.25) is 24.2 Å². The van der Waals surface area contributed by atoms with Crippen molar-refractivity contribution in [3.8, 4) is 0 Å². The number of hydrogen-bond acceptors (Lipinski definition) is 5. The fourth-order valence-electron chi connectivity index (χ4n) is 1.28. The molecule has 1 atom stereocenters. The van der Waals surface area contributed by atoms with E-state index >= 15 is 0 Å².